The first-order valence-corrected chi connectivity index (χ1v) is 10.9. The molecule has 1 atom stereocenters. The monoisotopic (exact) mass is 417 g/mol. The second-order valence-corrected chi connectivity index (χ2v) is 9.27. The van der Waals surface area contributed by atoms with E-state index in [1.807, 2.05) is 6.92 Å². The Hall–Kier alpha value is -2.40. The van der Waals surface area contributed by atoms with Crippen molar-refractivity contribution < 1.29 is 19.1 Å². The summed E-state index contributed by atoms with van der Waals surface area (Å²) in [6, 6.07) is 2.23. The van der Waals surface area contributed by atoms with Crippen molar-refractivity contribution >= 4 is 34.1 Å². The molecule has 0 radical (unpaired) electrons. The van der Waals surface area contributed by atoms with E-state index in [0.29, 0.717) is 23.4 Å². The normalized spacial score (nSPS) is 19.0. The van der Waals surface area contributed by atoms with Crippen molar-refractivity contribution in [3.63, 3.8) is 0 Å². The Balaban J connectivity index is 1.68. The Bertz CT molecular complexity index is 860. The molecule has 2 amide bonds. The minimum atomic E-state index is -1.04. The minimum Gasteiger partial charge on any atom is -0.449 e. The maximum absolute atomic E-state index is 12.8. The molecule has 2 N–H and O–H groups in total. The lowest BCUT2D eigenvalue weighted by atomic mass is 9.83. The number of nitrogens with one attached hydrogen (secondary N) is 2. The Morgan fingerprint density at radius 3 is 2.45 bits per heavy atom. The summed E-state index contributed by atoms with van der Waals surface area (Å²) in [6.45, 7) is 5.17. The first-order chi connectivity index (χ1) is 13.8. The predicted octanol–water partition coefficient (Wildman–Crippen LogP) is 3.60. The highest BCUT2D eigenvalue weighted by Gasteiger charge is 2.36. The number of nitrogens with zero attached hydrogens (tertiary/aromatic N) is 1. The Morgan fingerprint density at radius 2 is 1.86 bits per heavy atom. The lowest BCUT2D eigenvalue weighted by molar-refractivity contribution is -0.130. The van der Waals surface area contributed by atoms with Crippen molar-refractivity contribution in [1.29, 1.82) is 5.26 Å². The first-order valence-electron chi connectivity index (χ1n) is 10.1. The lowest BCUT2D eigenvalue weighted by Gasteiger charge is -2.32. The summed E-state index contributed by atoms with van der Waals surface area (Å²) >= 11 is 1.33. The molecule has 1 aromatic rings. The van der Waals surface area contributed by atoms with Crippen LogP contribution >= 0.6 is 11.3 Å². The van der Waals surface area contributed by atoms with Gasteiger partial charge in [-0.1, -0.05) is 19.3 Å². The molecule has 3 rings (SSSR count). The van der Waals surface area contributed by atoms with Gasteiger partial charge < -0.3 is 15.4 Å². The smallest absolute Gasteiger partial charge is 0.342 e. The number of carbonyl (C=O) groups is 3. The average Bonchev–Trinajstić information content (AvgIpc) is 3.50. The molecule has 0 saturated heterocycles. The summed E-state index contributed by atoms with van der Waals surface area (Å²) in [7, 11) is 0. The molecule has 0 unspecified atom stereocenters. The van der Waals surface area contributed by atoms with Crippen LogP contribution in [0.4, 0.5) is 5.00 Å². The Kier molecular flexibility index (Phi) is 6.27. The molecule has 0 aromatic carbocycles. The standard InChI is InChI=1S/C21H27N3O4S/c1-12-14(3)29-19(23-18(26)15-7-8-15)16(12)20(27)28-13(2)17(25)24-21(11-22)9-5-4-6-10-21/h13,15H,4-10H2,1-3H3,(H,23,26)(H,24,25)/t13-/m0/s1. The van der Waals surface area contributed by atoms with Crippen LogP contribution in [0, 0.1) is 31.1 Å². The SMILES string of the molecule is Cc1sc(NC(=O)C2CC2)c(C(=O)O[C@@H](C)C(=O)NC2(C#N)CCCCC2)c1C. The topological polar surface area (TPSA) is 108 Å². The molecular weight excluding hydrogens is 390 g/mol. The van der Waals surface area contributed by atoms with Crippen LogP contribution in [-0.2, 0) is 14.3 Å². The van der Waals surface area contributed by atoms with E-state index in [9.17, 15) is 19.6 Å². The summed E-state index contributed by atoms with van der Waals surface area (Å²) in [6.07, 6.45) is 4.74. The van der Waals surface area contributed by atoms with Crippen molar-refractivity contribution in [2.24, 2.45) is 5.92 Å². The molecule has 7 nitrogen and oxygen atoms in total. The van der Waals surface area contributed by atoms with Gasteiger partial charge in [-0.15, -0.1) is 11.3 Å². The van der Waals surface area contributed by atoms with Gasteiger partial charge in [0.25, 0.3) is 5.91 Å². The Labute approximate surface area is 174 Å². The van der Waals surface area contributed by atoms with Crippen LogP contribution < -0.4 is 10.6 Å². The fourth-order valence-corrected chi connectivity index (χ4v) is 4.60. The van der Waals surface area contributed by atoms with Gasteiger partial charge in [-0.2, -0.15) is 5.26 Å². The molecule has 2 fully saturated rings. The number of hydrogen-bond donors (Lipinski definition) is 2. The van der Waals surface area contributed by atoms with Crippen molar-refractivity contribution in [2.75, 3.05) is 5.32 Å². The summed E-state index contributed by atoms with van der Waals surface area (Å²) in [5.41, 5.74) is 0.155. The van der Waals surface area contributed by atoms with Crippen molar-refractivity contribution in [3.8, 4) is 6.07 Å². The van der Waals surface area contributed by atoms with Gasteiger partial charge in [0.05, 0.1) is 11.6 Å². The van der Waals surface area contributed by atoms with Gasteiger partial charge in [0.1, 0.15) is 10.5 Å². The highest BCUT2D eigenvalue weighted by Crippen LogP contribution is 2.36. The number of anilines is 1. The molecule has 2 aliphatic carbocycles. The number of thiophene rings is 1. The highest BCUT2D eigenvalue weighted by atomic mass is 32.1. The molecule has 156 valence electrons. The maximum Gasteiger partial charge on any atom is 0.342 e. The third-order valence-corrected chi connectivity index (χ3v) is 6.83. The van der Waals surface area contributed by atoms with E-state index < -0.39 is 23.5 Å². The number of ether oxygens (including phenoxy) is 1. The fourth-order valence-electron chi connectivity index (χ4n) is 3.55. The van der Waals surface area contributed by atoms with Crippen molar-refractivity contribution in [3.05, 3.63) is 16.0 Å². The van der Waals surface area contributed by atoms with Crippen LogP contribution in [0.15, 0.2) is 0 Å². The van der Waals surface area contributed by atoms with Crippen LogP contribution in [0.1, 0.15) is 72.7 Å². The summed E-state index contributed by atoms with van der Waals surface area (Å²) in [5, 5.41) is 15.6. The fraction of sp³-hybridized carbons (Fsp3) is 0.619. The predicted molar refractivity (Wildman–Crippen MR) is 110 cm³/mol. The van der Waals surface area contributed by atoms with Crippen LogP contribution in [0.5, 0.6) is 0 Å². The van der Waals surface area contributed by atoms with Crippen molar-refractivity contribution in [1.82, 2.24) is 5.32 Å². The molecule has 0 spiro atoms. The zero-order chi connectivity index (χ0) is 21.2. The lowest BCUT2D eigenvalue weighted by Crippen LogP contribution is -2.52. The van der Waals surface area contributed by atoms with E-state index in [1.54, 1.807) is 6.92 Å². The Morgan fingerprint density at radius 1 is 1.21 bits per heavy atom. The zero-order valence-electron chi connectivity index (χ0n) is 17.1. The van der Waals surface area contributed by atoms with Crippen LogP contribution in [-0.4, -0.2) is 29.4 Å². The van der Waals surface area contributed by atoms with E-state index in [0.717, 1.165) is 42.5 Å². The van der Waals surface area contributed by atoms with Gasteiger partial charge in [0.15, 0.2) is 6.10 Å². The third-order valence-electron chi connectivity index (χ3n) is 5.71. The molecular formula is C21H27N3O4S. The highest BCUT2D eigenvalue weighted by molar-refractivity contribution is 7.16. The van der Waals surface area contributed by atoms with Crippen LogP contribution in [0.3, 0.4) is 0 Å². The van der Waals surface area contributed by atoms with Gasteiger partial charge >= 0.3 is 5.97 Å². The molecule has 29 heavy (non-hydrogen) atoms. The molecule has 1 heterocycles. The van der Waals surface area contributed by atoms with E-state index in [4.69, 9.17) is 4.74 Å². The van der Waals surface area contributed by atoms with E-state index in [-0.39, 0.29) is 11.8 Å². The van der Waals surface area contributed by atoms with Crippen LogP contribution in [0.25, 0.3) is 0 Å². The number of rotatable bonds is 6. The van der Waals surface area contributed by atoms with Crippen molar-refractivity contribution in [2.45, 2.75) is 77.4 Å². The number of aryl methyl sites for hydroxylation is 1. The molecule has 8 heteroatoms. The maximum atomic E-state index is 12.8. The summed E-state index contributed by atoms with van der Waals surface area (Å²) in [4.78, 5) is 38.4. The molecule has 2 saturated carbocycles. The average molecular weight is 418 g/mol. The zero-order valence-corrected chi connectivity index (χ0v) is 17.9. The first kappa shape index (κ1) is 21.3. The van der Waals surface area contributed by atoms with Gasteiger partial charge in [0.2, 0.25) is 5.91 Å². The molecule has 0 aliphatic heterocycles. The molecule has 0 bridgehead atoms. The van der Waals surface area contributed by atoms with Gasteiger partial charge in [-0.25, -0.2) is 4.79 Å². The number of esters is 1. The van der Waals surface area contributed by atoms with Crippen LogP contribution in [0.2, 0.25) is 0 Å². The second-order valence-electron chi connectivity index (χ2n) is 8.04. The number of amides is 2. The van der Waals surface area contributed by atoms with E-state index in [2.05, 4.69) is 16.7 Å². The minimum absolute atomic E-state index is 0.0175. The van der Waals surface area contributed by atoms with E-state index in [1.165, 1.54) is 18.3 Å². The van der Waals surface area contributed by atoms with Gasteiger partial charge in [-0.05, 0) is 52.0 Å². The largest absolute Gasteiger partial charge is 0.449 e. The molecule has 1 aromatic heterocycles. The number of hydrogen-bond acceptors (Lipinski definition) is 6. The van der Waals surface area contributed by atoms with Gasteiger partial charge in [0, 0.05) is 10.8 Å². The summed E-state index contributed by atoms with van der Waals surface area (Å²) in [5.74, 6) is -1.19. The second kappa shape index (κ2) is 8.54. The summed E-state index contributed by atoms with van der Waals surface area (Å²) < 4.78 is 5.42. The third kappa shape index (κ3) is 4.78. The quantitative estimate of drug-likeness (QED) is 0.688. The van der Waals surface area contributed by atoms with E-state index >= 15 is 0 Å². The number of carbonyl (C=O) groups excluding carboxylic acids is 3. The number of nitriles is 1. The van der Waals surface area contributed by atoms with Gasteiger partial charge in [-0.3, -0.25) is 9.59 Å². The molecule has 2 aliphatic rings.